The SMILES string of the molecule is CN(c1ccc(NCc2cc3cc4c(cc3[nH]c2=O)CCC4)cc1)C1CCCCC1. The molecule has 5 rings (SSSR count). The fraction of sp³-hybridized carbons (Fsp3) is 0.423. The monoisotopic (exact) mass is 401 g/mol. The zero-order valence-corrected chi connectivity index (χ0v) is 17.8. The summed E-state index contributed by atoms with van der Waals surface area (Å²) in [6, 6.07) is 15.7. The Labute approximate surface area is 178 Å². The van der Waals surface area contributed by atoms with Crippen LogP contribution in [0, 0.1) is 0 Å². The highest BCUT2D eigenvalue weighted by Crippen LogP contribution is 2.28. The number of nitrogens with one attached hydrogen (secondary N) is 2. The van der Waals surface area contributed by atoms with E-state index in [-0.39, 0.29) is 5.56 Å². The van der Waals surface area contributed by atoms with Gasteiger partial charge >= 0.3 is 0 Å². The molecule has 0 amide bonds. The maximum Gasteiger partial charge on any atom is 0.253 e. The van der Waals surface area contributed by atoms with Gasteiger partial charge in [0.2, 0.25) is 0 Å². The molecule has 30 heavy (non-hydrogen) atoms. The maximum absolute atomic E-state index is 12.6. The third kappa shape index (κ3) is 3.83. The van der Waals surface area contributed by atoms with E-state index in [1.165, 1.54) is 55.3 Å². The Balaban J connectivity index is 1.28. The second kappa shape index (κ2) is 8.17. The van der Waals surface area contributed by atoms with Crippen molar-refractivity contribution in [3.05, 3.63) is 69.5 Å². The smallest absolute Gasteiger partial charge is 0.253 e. The molecule has 1 heterocycles. The molecule has 1 saturated carbocycles. The first-order chi connectivity index (χ1) is 14.7. The Morgan fingerprint density at radius 2 is 1.70 bits per heavy atom. The van der Waals surface area contributed by atoms with E-state index in [1.807, 2.05) is 6.07 Å². The number of aromatic nitrogens is 1. The molecule has 2 aromatic carbocycles. The van der Waals surface area contributed by atoms with Gasteiger partial charge in [-0.05, 0) is 91.1 Å². The van der Waals surface area contributed by atoms with Crippen LogP contribution in [0.1, 0.15) is 55.2 Å². The lowest BCUT2D eigenvalue weighted by Gasteiger charge is -2.33. The van der Waals surface area contributed by atoms with Crippen LogP contribution in [0.3, 0.4) is 0 Å². The number of benzene rings is 2. The second-order valence-electron chi connectivity index (χ2n) is 8.99. The van der Waals surface area contributed by atoms with Crippen molar-refractivity contribution in [1.82, 2.24) is 4.98 Å². The fourth-order valence-corrected chi connectivity index (χ4v) is 5.15. The number of anilines is 2. The summed E-state index contributed by atoms with van der Waals surface area (Å²) in [5, 5.41) is 4.56. The van der Waals surface area contributed by atoms with Crippen molar-refractivity contribution in [2.75, 3.05) is 17.3 Å². The van der Waals surface area contributed by atoms with Gasteiger partial charge in [0.25, 0.3) is 5.56 Å². The summed E-state index contributed by atoms with van der Waals surface area (Å²) in [6.45, 7) is 0.528. The zero-order valence-electron chi connectivity index (χ0n) is 17.8. The molecule has 2 aliphatic carbocycles. The summed E-state index contributed by atoms with van der Waals surface area (Å²) < 4.78 is 0. The number of rotatable bonds is 5. The molecule has 3 aromatic rings. The molecule has 1 aromatic heterocycles. The third-order valence-electron chi connectivity index (χ3n) is 7.01. The minimum Gasteiger partial charge on any atom is -0.381 e. The minimum absolute atomic E-state index is 0.00148. The van der Waals surface area contributed by atoms with Gasteiger partial charge in [-0.1, -0.05) is 19.3 Å². The minimum atomic E-state index is 0.00148. The van der Waals surface area contributed by atoms with Gasteiger partial charge in [0.15, 0.2) is 0 Å². The molecule has 0 unspecified atom stereocenters. The van der Waals surface area contributed by atoms with E-state index in [2.05, 4.69) is 58.6 Å². The Kier molecular flexibility index (Phi) is 5.24. The van der Waals surface area contributed by atoms with Crippen molar-refractivity contribution in [3.63, 3.8) is 0 Å². The number of H-pyrrole nitrogens is 1. The van der Waals surface area contributed by atoms with Crippen molar-refractivity contribution in [2.45, 2.75) is 64.0 Å². The van der Waals surface area contributed by atoms with E-state index >= 15 is 0 Å². The van der Waals surface area contributed by atoms with Crippen molar-refractivity contribution >= 4 is 22.3 Å². The van der Waals surface area contributed by atoms with E-state index in [9.17, 15) is 4.79 Å². The Bertz CT molecular complexity index is 1090. The lowest BCUT2D eigenvalue weighted by Crippen LogP contribution is -2.33. The summed E-state index contributed by atoms with van der Waals surface area (Å²) in [6.07, 6.45) is 10.2. The number of aryl methyl sites for hydroxylation is 2. The molecule has 0 saturated heterocycles. The van der Waals surface area contributed by atoms with E-state index in [1.54, 1.807) is 0 Å². The Hall–Kier alpha value is -2.75. The fourth-order valence-electron chi connectivity index (χ4n) is 5.15. The standard InChI is InChI=1S/C26H31N3O/c1-29(23-8-3-2-4-9-23)24-12-10-22(11-13-24)27-17-21-15-20-14-18-6-5-7-19(18)16-25(20)28-26(21)30/h10-16,23,27H,2-9,17H2,1H3,(H,28,30). The van der Waals surface area contributed by atoms with Gasteiger partial charge in [-0.25, -0.2) is 0 Å². The van der Waals surface area contributed by atoms with Crippen LogP contribution >= 0.6 is 0 Å². The number of nitrogens with zero attached hydrogens (tertiary/aromatic N) is 1. The number of pyridine rings is 1. The van der Waals surface area contributed by atoms with Crippen LogP contribution in [0.15, 0.2) is 47.3 Å². The molecule has 156 valence electrons. The summed E-state index contributed by atoms with van der Waals surface area (Å²) >= 11 is 0. The summed E-state index contributed by atoms with van der Waals surface area (Å²) in [5.74, 6) is 0. The average Bonchev–Trinajstić information content (AvgIpc) is 3.24. The molecule has 0 atom stereocenters. The van der Waals surface area contributed by atoms with Crippen LogP contribution in [-0.2, 0) is 19.4 Å². The zero-order chi connectivity index (χ0) is 20.5. The summed E-state index contributed by atoms with van der Waals surface area (Å²) in [5.41, 5.74) is 6.88. The van der Waals surface area contributed by atoms with Crippen molar-refractivity contribution in [1.29, 1.82) is 0 Å². The topological polar surface area (TPSA) is 48.1 Å². The maximum atomic E-state index is 12.6. The van der Waals surface area contributed by atoms with Crippen molar-refractivity contribution in [3.8, 4) is 0 Å². The number of fused-ring (bicyclic) bond motifs is 2. The van der Waals surface area contributed by atoms with Gasteiger partial charge in [0.1, 0.15) is 0 Å². The highest BCUT2D eigenvalue weighted by atomic mass is 16.1. The molecular weight excluding hydrogens is 370 g/mol. The second-order valence-corrected chi connectivity index (χ2v) is 8.99. The number of hydrogen-bond acceptors (Lipinski definition) is 3. The molecule has 0 bridgehead atoms. The predicted molar refractivity (Wildman–Crippen MR) is 126 cm³/mol. The average molecular weight is 402 g/mol. The van der Waals surface area contributed by atoms with Crippen LogP contribution in [0.25, 0.3) is 10.9 Å². The lowest BCUT2D eigenvalue weighted by molar-refractivity contribution is 0.427. The summed E-state index contributed by atoms with van der Waals surface area (Å²) in [7, 11) is 2.21. The first-order valence-electron chi connectivity index (χ1n) is 11.4. The van der Waals surface area contributed by atoms with E-state index in [4.69, 9.17) is 0 Å². The van der Waals surface area contributed by atoms with Crippen LogP contribution in [-0.4, -0.2) is 18.1 Å². The highest BCUT2D eigenvalue weighted by Gasteiger charge is 2.18. The molecule has 2 aliphatic rings. The van der Waals surface area contributed by atoms with E-state index in [0.29, 0.717) is 12.6 Å². The van der Waals surface area contributed by atoms with Gasteiger partial charge in [-0.15, -0.1) is 0 Å². The van der Waals surface area contributed by atoms with Gasteiger partial charge in [0, 0.05) is 42.1 Å². The van der Waals surface area contributed by atoms with Gasteiger partial charge in [-0.2, -0.15) is 0 Å². The predicted octanol–water partition coefficient (Wildman–Crippen LogP) is 5.40. The Morgan fingerprint density at radius 3 is 2.47 bits per heavy atom. The number of hydrogen-bond donors (Lipinski definition) is 2. The molecule has 4 heteroatoms. The summed E-state index contributed by atoms with van der Waals surface area (Å²) in [4.78, 5) is 18.1. The molecule has 0 aliphatic heterocycles. The molecular formula is C26H31N3O. The molecule has 4 nitrogen and oxygen atoms in total. The molecule has 0 radical (unpaired) electrons. The first kappa shape index (κ1) is 19.2. The van der Waals surface area contributed by atoms with Gasteiger partial charge < -0.3 is 15.2 Å². The Morgan fingerprint density at radius 1 is 0.967 bits per heavy atom. The highest BCUT2D eigenvalue weighted by molar-refractivity contribution is 5.81. The lowest BCUT2D eigenvalue weighted by atomic mass is 9.94. The van der Waals surface area contributed by atoms with Crippen LogP contribution < -0.4 is 15.8 Å². The van der Waals surface area contributed by atoms with Crippen LogP contribution in [0.2, 0.25) is 0 Å². The third-order valence-corrected chi connectivity index (χ3v) is 7.01. The van der Waals surface area contributed by atoms with E-state index < -0.39 is 0 Å². The molecule has 2 N–H and O–H groups in total. The molecule has 1 fully saturated rings. The molecule has 0 spiro atoms. The first-order valence-corrected chi connectivity index (χ1v) is 11.4. The van der Waals surface area contributed by atoms with Gasteiger partial charge in [0.05, 0.1) is 0 Å². The van der Waals surface area contributed by atoms with Crippen molar-refractivity contribution in [2.24, 2.45) is 0 Å². The number of aromatic amines is 1. The largest absolute Gasteiger partial charge is 0.381 e. The normalized spacial score (nSPS) is 16.6. The van der Waals surface area contributed by atoms with Crippen LogP contribution in [0.5, 0.6) is 0 Å². The van der Waals surface area contributed by atoms with E-state index in [0.717, 1.165) is 35.0 Å². The quantitative estimate of drug-likeness (QED) is 0.602. The van der Waals surface area contributed by atoms with Gasteiger partial charge in [-0.3, -0.25) is 4.79 Å². The van der Waals surface area contributed by atoms with Crippen LogP contribution in [0.4, 0.5) is 11.4 Å². The van der Waals surface area contributed by atoms with Crippen molar-refractivity contribution < 1.29 is 0 Å².